The van der Waals surface area contributed by atoms with Crippen molar-refractivity contribution in [3.05, 3.63) is 66.0 Å². The minimum absolute atomic E-state index is 0.243. The van der Waals surface area contributed by atoms with Gasteiger partial charge in [-0.15, -0.1) is 0 Å². The molecule has 0 aliphatic rings. The summed E-state index contributed by atoms with van der Waals surface area (Å²) in [6.45, 7) is 1.29. The highest BCUT2D eigenvalue weighted by molar-refractivity contribution is 5.83. The Hall–Kier alpha value is -3.75. The first kappa shape index (κ1) is 19.6. The quantitative estimate of drug-likeness (QED) is 0.321. The van der Waals surface area contributed by atoms with Gasteiger partial charge in [0.1, 0.15) is 11.5 Å². The molecule has 0 spiro atoms. The normalized spacial score (nSPS) is 11.7. The van der Waals surface area contributed by atoms with Crippen LogP contribution in [0.3, 0.4) is 0 Å². The molecule has 0 saturated heterocycles. The lowest BCUT2D eigenvalue weighted by Gasteiger charge is -2.10. The van der Waals surface area contributed by atoms with E-state index >= 15 is 0 Å². The number of guanidine groups is 1. The van der Waals surface area contributed by atoms with Gasteiger partial charge in [-0.05, 0) is 42.3 Å². The average Bonchev–Trinajstić information content (AvgIpc) is 3.40. The van der Waals surface area contributed by atoms with Crippen LogP contribution in [0.5, 0.6) is 0 Å². The van der Waals surface area contributed by atoms with Gasteiger partial charge in [-0.2, -0.15) is 4.98 Å². The van der Waals surface area contributed by atoms with Gasteiger partial charge < -0.3 is 20.1 Å². The molecule has 0 saturated carbocycles. The molecule has 0 amide bonds. The summed E-state index contributed by atoms with van der Waals surface area (Å²) in [7, 11) is 1.72. The molecule has 154 valence electrons. The number of fused-ring (bicyclic) bond motifs is 1. The van der Waals surface area contributed by atoms with E-state index in [0.29, 0.717) is 42.9 Å². The lowest BCUT2D eigenvalue weighted by Crippen LogP contribution is -2.39. The number of H-pyrrole nitrogens is 1. The molecule has 0 aliphatic heterocycles. The van der Waals surface area contributed by atoms with Crippen molar-refractivity contribution < 1.29 is 8.91 Å². The SMILES string of the molecule is CN=C(NCCc1noc(-c2ccccn2)n1)NCCc1c[nH]c2cc(F)ccc12. The van der Waals surface area contributed by atoms with Crippen molar-refractivity contribution in [2.45, 2.75) is 12.8 Å². The number of aromatic nitrogens is 4. The van der Waals surface area contributed by atoms with Gasteiger partial charge in [0.2, 0.25) is 0 Å². The van der Waals surface area contributed by atoms with E-state index in [9.17, 15) is 4.39 Å². The number of nitrogens with one attached hydrogen (secondary N) is 3. The van der Waals surface area contributed by atoms with Crippen molar-refractivity contribution in [2.24, 2.45) is 4.99 Å². The Balaban J connectivity index is 1.24. The Labute approximate surface area is 172 Å². The van der Waals surface area contributed by atoms with Crippen LogP contribution < -0.4 is 10.6 Å². The molecule has 4 aromatic rings. The molecular weight excluding hydrogens is 385 g/mol. The fourth-order valence-corrected chi connectivity index (χ4v) is 3.14. The number of hydrogen-bond donors (Lipinski definition) is 3. The predicted molar refractivity (Wildman–Crippen MR) is 113 cm³/mol. The largest absolute Gasteiger partial charge is 0.361 e. The van der Waals surface area contributed by atoms with Crippen LogP contribution in [0, 0.1) is 5.82 Å². The molecule has 3 N–H and O–H groups in total. The molecule has 4 rings (SSSR count). The number of rotatable bonds is 7. The van der Waals surface area contributed by atoms with Crippen LogP contribution in [0.15, 0.2) is 58.3 Å². The smallest absolute Gasteiger partial charge is 0.276 e. The molecule has 0 aliphatic carbocycles. The number of pyridine rings is 1. The van der Waals surface area contributed by atoms with Gasteiger partial charge in [0.05, 0.1) is 0 Å². The third-order valence-corrected chi connectivity index (χ3v) is 4.63. The van der Waals surface area contributed by atoms with Crippen LogP contribution in [0.25, 0.3) is 22.5 Å². The molecule has 0 bridgehead atoms. The average molecular weight is 407 g/mol. The molecule has 1 aromatic carbocycles. The second kappa shape index (κ2) is 9.17. The molecule has 0 atom stereocenters. The van der Waals surface area contributed by atoms with Crippen molar-refractivity contribution in [2.75, 3.05) is 20.1 Å². The Kier molecular flexibility index (Phi) is 5.98. The van der Waals surface area contributed by atoms with Gasteiger partial charge in [-0.1, -0.05) is 11.2 Å². The van der Waals surface area contributed by atoms with E-state index < -0.39 is 0 Å². The van der Waals surface area contributed by atoms with E-state index in [2.05, 4.69) is 35.7 Å². The van der Waals surface area contributed by atoms with Crippen LogP contribution >= 0.6 is 0 Å². The lowest BCUT2D eigenvalue weighted by molar-refractivity contribution is 0.421. The van der Waals surface area contributed by atoms with Crippen molar-refractivity contribution >= 4 is 16.9 Å². The standard InChI is InChI=1S/C21H22FN7O/c1-23-21(25-10-7-14-13-27-18-12-15(22)5-6-16(14)18)26-11-8-19-28-20(30-29-19)17-4-2-3-9-24-17/h2-6,9,12-13,27H,7-8,10-11H2,1H3,(H2,23,25,26). The van der Waals surface area contributed by atoms with E-state index in [1.165, 1.54) is 12.1 Å². The van der Waals surface area contributed by atoms with Crippen LogP contribution in [-0.2, 0) is 12.8 Å². The van der Waals surface area contributed by atoms with Crippen LogP contribution in [0.1, 0.15) is 11.4 Å². The van der Waals surface area contributed by atoms with Gasteiger partial charge >= 0.3 is 0 Å². The molecule has 3 aromatic heterocycles. The number of benzene rings is 1. The van der Waals surface area contributed by atoms with E-state index in [1.807, 2.05) is 24.4 Å². The topological polar surface area (TPSA) is 104 Å². The number of nitrogens with zero attached hydrogens (tertiary/aromatic N) is 4. The highest BCUT2D eigenvalue weighted by Gasteiger charge is 2.10. The van der Waals surface area contributed by atoms with Crippen molar-refractivity contribution in [3.63, 3.8) is 0 Å². The molecule has 8 nitrogen and oxygen atoms in total. The molecule has 0 fully saturated rings. The zero-order valence-electron chi connectivity index (χ0n) is 16.5. The fourth-order valence-electron chi connectivity index (χ4n) is 3.14. The third kappa shape index (κ3) is 4.62. The summed E-state index contributed by atoms with van der Waals surface area (Å²) in [5.74, 6) is 1.46. The maximum Gasteiger partial charge on any atom is 0.276 e. The highest BCUT2D eigenvalue weighted by Crippen LogP contribution is 2.19. The van der Waals surface area contributed by atoms with Gasteiger partial charge in [-0.25, -0.2) is 4.39 Å². The monoisotopic (exact) mass is 407 g/mol. The third-order valence-electron chi connectivity index (χ3n) is 4.63. The summed E-state index contributed by atoms with van der Waals surface area (Å²) in [5.41, 5.74) is 2.58. The maximum absolute atomic E-state index is 13.3. The highest BCUT2D eigenvalue weighted by atomic mass is 19.1. The van der Waals surface area contributed by atoms with E-state index in [4.69, 9.17) is 4.52 Å². The summed E-state index contributed by atoms with van der Waals surface area (Å²) in [5, 5.41) is 11.5. The number of aromatic amines is 1. The molecule has 3 heterocycles. The van der Waals surface area contributed by atoms with E-state index in [0.717, 1.165) is 22.9 Å². The zero-order chi connectivity index (χ0) is 20.8. The molecule has 30 heavy (non-hydrogen) atoms. The number of hydrogen-bond acceptors (Lipinski definition) is 5. The Morgan fingerprint density at radius 1 is 1.17 bits per heavy atom. The van der Waals surface area contributed by atoms with Crippen LogP contribution in [0.4, 0.5) is 4.39 Å². The van der Waals surface area contributed by atoms with Crippen molar-refractivity contribution in [1.29, 1.82) is 0 Å². The summed E-state index contributed by atoms with van der Waals surface area (Å²) in [6, 6.07) is 10.3. The number of halogens is 1. The first-order valence-corrected chi connectivity index (χ1v) is 9.67. The lowest BCUT2D eigenvalue weighted by atomic mass is 10.1. The maximum atomic E-state index is 13.3. The second-order valence-electron chi connectivity index (χ2n) is 6.66. The molecule has 0 radical (unpaired) electrons. The number of aliphatic imine (C=N–C) groups is 1. The van der Waals surface area contributed by atoms with Crippen LogP contribution in [0.2, 0.25) is 0 Å². The molecular formula is C21H22FN7O. The summed E-state index contributed by atoms with van der Waals surface area (Å²) < 4.78 is 18.6. The summed E-state index contributed by atoms with van der Waals surface area (Å²) in [6.07, 6.45) is 4.97. The predicted octanol–water partition coefficient (Wildman–Crippen LogP) is 2.70. The zero-order valence-corrected chi connectivity index (χ0v) is 16.5. The summed E-state index contributed by atoms with van der Waals surface area (Å²) >= 11 is 0. The van der Waals surface area contributed by atoms with Gasteiger partial charge in [0.25, 0.3) is 5.89 Å². The van der Waals surface area contributed by atoms with Gasteiger partial charge in [0.15, 0.2) is 11.8 Å². The molecule has 0 unspecified atom stereocenters. The fraction of sp³-hybridized carbons (Fsp3) is 0.238. The van der Waals surface area contributed by atoms with E-state index in [-0.39, 0.29) is 5.82 Å². The van der Waals surface area contributed by atoms with Crippen LogP contribution in [-0.4, -0.2) is 46.2 Å². The first-order valence-electron chi connectivity index (χ1n) is 9.67. The second-order valence-corrected chi connectivity index (χ2v) is 6.66. The van der Waals surface area contributed by atoms with Gasteiger partial charge in [0, 0.05) is 49.9 Å². The summed E-state index contributed by atoms with van der Waals surface area (Å²) in [4.78, 5) is 15.9. The van der Waals surface area contributed by atoms with Crippen molar-refractivity contribution in [3.8, 4) is 11.6 Å². The Morgan fingerprint density at radius 3 is 2.83 bits per heavy atom. The van der Waals surface area contributed by atoms with E-state index in [1.54, 1.807) is 19.3 Å². The first-order chi connectivity index (χ1) is 14.7. The molecule has 9 heteroatoms. The minimum Gasteiger partial charge on any atom is -0.361 e. The van der Waals surface area contributed by atoms with Gasteiger partial charge in [-0.3, -0.25) is 9.98 Å². The Bertz CT molecular complexity index is 1140. The Morgan fingerprint density at radius 2 is 2.03 bits per heavy atom. The van der Waals surface area contributed by atoms with Crippen molar-refractivity contribution in [1.82, 2.24) is 30.7 Å². The minimum atomic E-state index is -0.243.